The van der Waals surface area contributed by atoms with Crippen molar-refractivity contribution in [3.63, 3.8) is 0 Å². The van der Waals surface area contributed by atoms with Gasteiger partial charge in [-0.25, -0.2) is 9.48 Å². The van der Waals surface area contributed by atoms with Gasteiger partial charge < -0.3 is 15.2 Å². The molecule has 0 saturated carbocycles. The molecule has 1 atom stereocenters. The molecule has 7 nitrogen and oxygen atoms in total. The van der Waals surface area contributed by atoms with E-state index in [4.69, 9.17) is 16.3 Å². The first-order valence-corrected chi connectivity index (χ1v) is 11.5. The predicted molar refractivity (Wildman–Crippen MR) is 125 cm³/mol. The van der Waals surface area contributed by atoms with Gasteiger partial charge in [0.25, 0.3) is 0 Å². The summed E-state index contributed by atoms with van der Waals surface area (Å²) in [5, 5.41) is 19.1. The maximum atomic E-state index is 13.0. The minimum Gasteiger partial charge on any atom is -0.508 e. The Balaban J connectivity index is 1.71. The van der Waals surface area contributed by atoms with Gasteiger partial charge in [-0.05, 0) is 50.1 Å². The van der Waals surface area contributed by atoms with Crippen LogP contribution < -0.4 is 5.32 Å². The fourth-order valence-corrected chi connectivity index (χ4v) is 4.61. The lowest BCUT2D eigenvalue weighted by atomic mass is 9.95. The molecule has 0 fully saturated rings. The van der Waals surface area contributed by atoms with Crippen molar-refractivity contribution in [3.8, 4) is 5.75 Å². The number of allylic oxidation sites excluding steroid dienone is 1. The van der Waals surface area contributed by atoms with Crippen molar-refractivity contribution in [2.75, 3.05) is 5.32 Å². The Morgan fingerprint density at radius 3 is 2.78 bits per heavy atom. The van der Waals surface area contributed by atoms with Gasteiger partial charge in [0.15, 0.2) is 0 Å². The van der Waals surface area contributed by atoms with E-state index in [1.165, 1.54) is 11.8 Å². The molecule has 32 heavy (non-hydrogen) atoms. The molecule has 0 amide bonds. The lowest BCUT2D eigenvalue weighted by Crippen LogP contribution is -2.30. The smallest absolute Gasteiger partial charge is 0.338 e. The van der Waals surface area contributed by atoms with Gasteiger partial charge in [0.1, 0.15) is 11.8 Å². The standard InChI is InChI=1S/C23H23ClN4O3S/c1-13(2)31-21(30)19-14(3)25-22-26-23(32-12-16-7-4-5-10-18(16)24)27-28(22)20(19)15-8-6-9-17(29)11-15/h4-11,13,20,29H,12H2,1-3H3,(H,25,26,27). The first-order valence-electron chi connectivity index (χ1n) is 10.1. The molecule has 3 aromatic rings. The highest BCUT2D eigenvalue weighted by molar-refractivity contribution is 7.98. The minimum atomic E-state index is -0.591. The van der Waals surface area contributed by atoms with Crippen LogP contribution in [0.1, 0.15) is 37.9 Å². The molecule has 1 unspecified atom stereocenters. The largest absolute Gasteiger partial charge is 0.508 e. The molecule has 166 valence electrons. The number of benzene rings is 2. The van der Waals surface area contributed by atoms with E-state index in [1.54, 1.807) is 43.7 Å². The van der Waals surface area contributed by atoms with Gasteiger partial charge in [-0.15, -0.1) is 5.10 Å². The second-order valence-electron chi connectivity index (χ2n) is 7.66. The number of carbonyl (C=O) groups excluding carboxylic acids is 1. The summed E-state index contributed by atoms with van der Waals surface area (Å²) in [4.78, 5) is 17.6. The summed E-state index contributed by atoms with van der Waals surface area (Å²) in [6.07, 6.45) is -0.272. The number of aromatic hydroxyl groups is 1. The van der Waals surface area contributed by atoms with Crippen LogP contribution >= 0.6 is 23.4 Å². The monoisotopic (exact) mass is 470 g/mol. The van der Waals surface area contributed by atoms with Crippen LogP contribution in [0, 0.1) is 0 Å². The Kier molecular flexibility index (Phi) is 6.43. The number of halogens is 1. The normalized spacial score (nSPS) is 15.5. The van der Waals surface area contributed by atoms with Crippen LogP contribution in [0.4, 0.5) is 5.95 Å². The van der Waals surface area contributed by atoms with Crippen LogP contribution in [0.15, 0.2) is 65.0 Å². The molecule has 0 aliphatic carbocycles. The highest BCUT2D eigenvalue weighted by atomic mass is 35.5. The fraction of sp³-hybridized carbons (Fsp3) is 0.261. The number of fused-ring (bicyclic) bond motifs is 1. The van der Waals surface area contributed by atoms with Crippen LogP contribution in [0.2, 0.25) is 5.02 Å². The number of phenolic OH excluding ortho intramolecular Hbond substituents is 1. The fourth-order valence-electron chi connectivity index (χ4n) is 3.50. The molecular weight excluding hydrogens is 448 g/mol. The van der Waals surface area contributed by atoms with Crippen molar-refractivity contribution in [1.82, 2.24) is 14.8 Å². The average Bonchev–Trinajstić information content (AvgIpc) is 3.13. The third-order valence-electron chi connectivity index (χ3n) is 4.90. The van der Waals surface area contributed by atoms with Crippen molar-refractivity contribution in [1.29, 1.82) is 0 Å². The van der Waals surface area contributed by atoms with E-state index in [0.29, 0.717) is 38.7 Å². The van der Waals surface area contributed by atoms with Gasteiger partial charge in [-0.1, -0.05) is 53.7 Å². The van der Waals surface area contributed by atoms with E-state index in [-0.39, 0.29) is 11.9 Å². The molecule has 0 radical (unpaired) electrons. The summed E-state index contributed by atoms with van der Waals surface area (Å²) in [6.45, 7) is 5.41. The molecule has 1 aromatic heterocycles. The first kappa shape index (κ1) is 22.2. The molecule has 2 N–H and O–H groups in total. The van der Waals surface area contributed by atoms with Crippen LogP contribution in [-0.2, 0) is 15.3 Å². The summed E-state index contributed by atoms with van der Waals surface area (Å²) >= 11 is 7.72. The average molecular weight is 471 g/mol. The second-order valence-corrected chi connectivity index (χ2v) is 9.01. The van der Waals surface area contributed by atoms with Gasteiger partial charge in [0.2, 0.25) is 11.1 Å². The number of hydrogen-bond acceptors (Lipinski definition) is 7. The first-order chi connectivity index (χ1) is 15.3. The van der Waals surface area contributed by atoms with Crippen LogP contribution in [0.25, 0.3) is 0 Å². The Morgan fingerprint density at radius 1 is 1.28 bits per heavy atom. The van der Waals surface area contributed by atoms with Gasteiger partial charge in [-0.2, -0.15) is 4.98 Å². The van der Waals surface area contributed by atoms with E-state index >= 15 is 0 Å². The van der Waals surface area contributed by atoms with Crippen molar-refractivity contribution < 1.29 is 14.6 Å². The van der Waals surface area contributed by atoms with Crippen molar-refractivity contribution in [2.24, 2.45) is 0 Å². The van der Waals surface area contributed by atoms with Gasteiger partial charge >= 0.3 is 5.97 Å². The summed E-state index contributed by atoms with van der Waals surface area (Å²) in [5.41, 5.74) is 2.74. The number of thioether (sulfide) groups is 1. The molecule has 1 aliphatic heterocycles. The molecule has 4 rings (SSSR count). The van der Waals surface area contributed by atoms with E-state index in [9.17, 15) is 9.90 Å². The molecule has 9 heteroatoms. The number of nitrogens with one attached hydrogen (secondary N) is 1. The lowest BCUT2D eigenvalue weighted by Gasteiger charge is -2.28. The lowest BCUT2D eigenvalue weighted by molar-refractivity contribution is -0.143. The van der Waals surface area contributed by atoms with Crippen LogP contribution in [0.3, 0.4) is 0 Å². The zero-order valence-electron chi connectivity index (χ0n) is 17.9. The third kappa shape index (κ3) is 4.61. The minimum absolute atomic E-state index is 0.102. The molecule has 2 aromatic carbocycles. The third-order valence-corrected chi connectivity index (χ3v) is 6.15. The number of phenols is 1. The number of nitrogens with zero attached hydrogens (tertiary/aromatic N) is 3. The van der Waals surface area contributed by atoms with Crippen molar-refractivity contribution >= 4 is 35.3 Å². The Hall–Kier alpha value is -2.97. The van der Waals surface area contributed by atoms with Crippen molar-refractivity contribution in [2.45, 2.75) is 43.8 Å². The number of esters is 1. The molecule has 2 heterocycles. The maximum Gasteiger partial charge on any atom is 0.338 e. The number of ether oxygens (including phenoxy) is 1. The Bertz CT molecular complexity index is 1190. The Labute approximate surface area is 195 Å². The number of aromatic nitrogens is 3. The molecule has 0 saturated heterocycles. The van der Waals surface area contributed by atoms with E-state index in [0.717, 1.165) is 5.56 Å². The zero-order chi connectivity index (χ0) is 22.8. The molecule has 1 aliphatic rings. The number of carbonyl (C=O) groups is 1. The maximum absolute atomic E-state index is 13.0. The van der Waals surface area contributed by atoms with Crippen LogP contribution in [0.5, 0.6) is 5.75 Å². The summed E-state index contributed by atoms with van der Waals surface area (Å²) < 4.78 is 7.16. The number of rotatable bonds is 6. The van der Waals surface area contributed by atoms with E-state index in [1.807, 2.05) is 30.3 Å². The summed E-state index contributed by atoms with van der Waals surface area (Å²) in [6, 6.07) is 13.8. The van der Waals surface area contributed by atoms with Gasteiger partial charge in [0.05, 0.1) is 11.7 Å². The number of hydrogen-bond donors (Lipinski definition) is 2. The second kappa shape index (κ2) is 9.26. The zero-order valence-corrected chi connectivity index (χ0v) is 19.4. The molecular formula is C23H23ClN4O3S. The highest BCUT2D eigenvalue weighted by Gasteiger charge is 2.35. The van der Waals surface area contributed by atoms with Gasteiger partial charge in [0, 0.05) is 16.5 Å². The Morgan fingerprint density at radius 2 is 2.06 bits per heavy atom. The molecule has 0 spiro atoms. The number of anilines is 1. The topological polar surface area (TPSA) is 89.3 Å². The molecule has 0 bridgehead atoms. The SMILES string of the molecule is CC1=C(C(=O)OC(C)C)C(c2cccc(O)c2)n2nc(SCc3ccccc3Cl)nc2N1. The van der Waals surface area contributed by atoms with Crippen molar-refractivity contribution in [3.05, 3.63) is 76.0 Å². The van der Waals surface area contributed by atoms with E-state index in [2.05, 4.69) is 15.4 Å². The van der Waals surface area contributed by atoms with Gasteiger partial charge in [-0.3, -0.25) is 0 Å². The van der Waals surface area contributed by atoms with Crippen LogP contribution in [-0.4, -0.2) is 31.9 Å². The summed E-state index contributed by atoms with van der Waals surface area (Å²) in [5.74, 6) is 0.780. The predicted octanol–water partition coefficient (Wildman–Crippen LogP) is 5.17. The van der Waals surface area contributed by atoms with E-state index < -0.39 is 12.0 Å². The summed E-state index contributed by atoms with van der Waals surface area (Å²) in [7, 11) is 0. The highest BCUT2D eigenvalue weighted by Crippen LogP contribution is 2.38. The quantitative estimate of drug-likeness (QED) is 0.379.